The maximum atomic E-state index is 11.6. The molecule has 0 heterocycles. The number of carbonyl (C=O) groups excluding carboxylic acids is 1. The van der Waals surface area contributed by atoms with Crippen LogP contribution in [0.5, 0.6) is 0 Å². The lowest BCUT2D eigenvalue weighted by Crippen LogP contribution is -2.48. The van der Waals surface area contributed by atoms with E-state index in [0.29, 0.717) is 18.1 Å². The Hall–Kier alpha value is -0.910. The molecule has 18 heavy (non-hydrogen) atoms. The Morgan fingerprint density at radius 3 is 2.28 bits per heavy atom. The van der Waals surface area contributed by atoms with Crippen LogP contribution in [0.2, 0.25) is 0 Å². The van der Waals surface area contributed by atoms with E-state index < -0.39 is 18.0 Å². The first-order valence-electron chi connectivity index (χ1n) is 6.15. The highest BCUT2D eigenvalue weighted by Gasteiger charge is 2.20. The van der Waals surface area contributed by atoms with Gasteiger partial charge in [0.1, 0.15) is 6.04 Å². The van der Waals surface area contributed by atoms with Crippen LogP contribution in [0.25, 0.3) is 0 Å². The third-order valence-electron chi connectivity index (χ3n) is 2.42. The normalized spacial score (nSPS) is 14.1. The standard InChI is InChI=1S/C12H24N2O3S/c1-8(2)7-9(3)13-12(17)14-10(11(15)16)5-6-18-4/h8-10H,5-7H2,1-4H3,(H,15,16)(H2,13,14,17)/t9?,10-/m0/s1. The summed E-state index contributed by atoms with van der Waals surface area (Å²) in [5.74, 6) is 0.210. The van der Waals surface area contributed by atoms with Crippen molar-refractivity contribution in [2.45, 2.75) is 45.7 Å². The van der Waals surface area contributed by atoms with E-state index in [1.807, 2.05) is 13.2 Å². The molecule has 0 bridgehead atoms. The van der Waals surface area contributed by atoms with Gasteiger partial charge in [-0.25, -0.2) is 9.59 Å². The Bertz CT molecular complexity index is 272. The highest BCUT2D eigenvalue weighted by molar-refractivity contribution is 7.98. The molecule has 0 fully saturated rings. The number of urea groups is 1. The Morgan fingerprint density at radius 2 is 1.83 bits per heavy atom. The van der Waals surface area contributed by atoms with Crippen molar-refractivity contribution in [3.05, 3.63) is 0 Å². The largest absolute Gasteiger partial charge is 0.480 e. The minimum Gasteiger partial charge on any atom is -0.480 e. The van der Waals surface area contributed by atoms with Gasteiger partial charge in [-0.3, -0.25) is 0 Å². The number of amides is 2. The molecule has 2 amide bonds. The summed E-state index contributed by atoms with van der Waals surface area (Å²) in [6.07, 6.45) is 3.21. The van der Waals surface area contributed by atoms with E-state index in [2.05, 4.69) is 24.5 Å². The van der Waals surface area contributed by atoms with E-state index in [1.165, 1.54) is 0 Å². The van der Waals surface area contributed by atoms with Gasteiger partial charge in [-0.05, 0) is 37.7 Å². The Labute approximate surface area is 113 Å². The predicted octanol–water partition coefficient (Wildman–Crippen LogP) is 1.93. The Balaban J connectivity index is 4.12. The zero-order valence-electron chi connectivity index (χ0n) is 11.5. The second-order valence-electron chi connectivity index (χ2n) is 4.82. The molecule has 0 aromatic carbocycles. The lowest BCUT2D eigenvalue weighted by molar-refractivity contribution is -0.139. The van der Waals surface area contributed by atoms with Gasteiger partial charge in [0.15, 0.2) is 0 Å². The number of nitrogens with one attached hydrogen (secondary N) is 2. The van der Waals surface area contributed by atoms with Crippen LogP contribution in [0.1, 0.15) is 33.6 Å². The number of hydrogen-bond donors (Lipinski definition) is 3. The lowest BCUT2D eigenvalue weighted by Gasteiger charge is -2.19. The van der Waals surface area contributed by atoms with Crippen LogP contribution in [-0.4, -0.2) is 41.2 Å². The first kappa shape index (κ1) is 17.1. The summed E-state index contributed by atoms with van der Waals surface area (Å²) in [7, 11) is 0. The first-order chi connectivity index (χ1) is 8.36. The lowest BCUT2D eigenvalue weighted by atomic mass is 10.1. The summed E-state index contributed by atoms with van der Waals surface area (Å²) >= 11 is 1.56. The molecule has 3 N–H and O–H groups in total. The number of hydrogen-bond acceptors (Lipinski definition) is 3. The summed E-state index contributed by atoms with van der Waals surface area (Å²) in [4.78, 5) is 22.6. The Morgan fingerprint density at radius 1 is 1.22 bits per heavy atom. The molecule has 0 aromatic heterocycles. The number of thioether (sulfide) groups is 1. The fourth-order valence-corrected chi connectivity index (χ4v) is 2.15. The molecule has 0 saturated heterocycles. The van der Waals surface area contributed by atoms with Crippen LogP contribution in [0.15, 0.2) is 0 Å². The molecule has 0 spiro atoms. The third-order valence-corrected chi connectivity index (χ3v) is 3.06. The molecular weight excluding hydrogens is 252 g/mol. The minimum absolute atomic E-state index is 0.0417. The smallest absolute Gasteiger partial charge is 0.326 e. The summed E-state index contributed by atoms with van der Waals surface area (Å²) in [5, 5.41) is 14.2. The summed E-state index contributed by atoms with van der Waals surface area (Å²) in [6.45, 7) is 6.07. The summed E-state index contributed by atoms with van der Waals surface area (Å²) in [6, 6.07) is -1.18. The van der Waals surface area contributed by atoms with Gasteiger partial charge in [0.05, 0.1) is 0 Å². The quantitative estimate of drug-likeness (QED) is 0.633. The van der Waals surface area contributed by atoms with Crippen molar-refractivity contribution in [1.82, 2.24) is 10.6 Å². The molecule has 1 unspecified atom stereocenters. The predicted molar refractivity (Wildman–Crippen MR) is 75.0 cm³/mol. The number of carbonyl (C=O) groups is 2. The van der Waals surface area contributed by atoms with Crippen LogP contribution in [-0.2, 0) is 4.79 Å². The van der Waals surface area contributed by atoms with Crippen molar-refractivity contribution in [3.63, 3.8) is 0 Å². The summed E-state index contributed by atoms with van der Waals surface area (Å²) in [5.41, 5.74) is 0. The van der Waals surface area contributed by atoms with E-state index in [9.17, 15) is 9.59 Å². The van der Waals surface area contributed by atoms with Gasteiger partial charge < -0.3 is 15.7 Å². The van der Waals surface area contributed by atoms with Gasteiger partial charge in [-0.2, -0.15) is 11.8 Å². The molecule has 0 aliphatic rings. The number of rotatable bonds is 8. The van der Waals surface area contributed by atoms with Crippen molar-refractivity contribution in [2.75, 3.05) is 12.0 Å². The van der Waals surface area contributed by atoms with Crippen LogP contribution in [0.4, 0.5) is 4.79 Å². The van der Waals surface area contributed by atoms with Crippen LogP contribution >= 0.6 is 11.8 Å². The maximum Gasteiger partial charge on any atom is 0.326 e. The highest BCUT2D eigenvalue weighted by atomic mass is 32.2. The molecule has 0 aliphatic heterocycles. The van der Waals surface area contributed by atoms with Crippen molar-refractivity contribution >= 4 is 23.8 Å². The van der Waals surface area contributed by atoms with E-state index in [0.717, 1.165) is 6.42 Å². The number of carboxylic acids is 1. The van der Waals surface area contributed by atoms with Crippen molar-refractivity contribution < 1.29 is 14.7 Å². The molecule has 0 rings (SSSR count). The molecule has 0 saturated carbocycles. The van der Waals surface area contributed by atoms with E-state index >= 15 is 0 Å². The van der Waals surface area contributed by atoms with Gasteiger partial charge in [0.2, 0.25) is 0 Å². The topological polar surface area (TPSA) is 78.4 Å². The number of aliphatic carboxylic acids is 1. The fourth-order valence-electron chi connectivity index (χ4n) is 1.68. The van der Waals surface area contributed by atoms with E-state index in [-0.39, 0.29) is 6.04 Å². The maximum absolute atomic E-state index is 11.6. The van der Waals surface area contributed by atoms with Crippen LogP contribution in [0.3, 0.4) is 0 Å². The molecule has 106 valence electrons. The van der Waals surface area contributed by atoms with Gasteiger partial charge in [0, 0.05) is 6.04 Å². The van der Waals surface area contributed by atoms with E-state index in [1.54, 1.807) is 11.8 Å². The van der Waals surface area contributed by atoms with Gasteiger partial charge in [-0.15, -0.1) is 0 Å². The van der Waals surface area contributed by atoms with Gasteiger partial charge in [0.25, 0.3) is 0 Å². The molecule has 0 aliphatic carbocycles. The molecule has 5 nitrogen and oxygen atoms in total. The third kappa shape index (κ3) is 8.22. The molecule has 2 atom stereocenters. The molecule has 0 aromatic rings. The average Bonchev–Trinajstić information content (AvgIpc) is 2.22. The van der Waals surface area contributed by atoms with Crippen LogP contribution < -0.4 is 10.6 Å². The van der Waals surface area contributed by atoms with Gasteiger partial charge in [-0.1, -0.05) is 13.8 Å². The molecule has 6 heteroatoms. The van der Waals surface area contributed by atoms with Crippen molar-refractivity contribution in [3.8, 4) is 0 Å². The second kappa shape index (κ2) is 9.08. The molecule has 0 radical (unpaired) electrons. The van der Waals surface area contributed by atoms with Crippen molar-refractivity contribution in [1.29, 1.82) is 0 Å². The first-order valence-corrected chi connectivity index (χ1v) is 7.55. The van der Waals surface area contributed by atoms with Crippen molar-refractivity contribution in [2.24, 2.45) is 5.92 Å². The van der Waals surface area contributed by atoms with E-state index in [4.69, 9.17) is 5.11 Å². The fraction of sp³-hybridized carbons (Fsp3) is 0.833. The minimum atomic E-state index is -0.990. The SMILES string of the molecule is CSCC[C@H](NC(=O)NC(C)CC(C)C)C(=O)O. The van der Waals surface area contributed by atoms with Crippen LogP contribution in [0, 0.1) is 5.92 Å². The Kier molecular flexibility index (Phi) is 8.62. The van der Waals surface area contributed by atoms with Gasteiger partial charge >= 0.3 is 12.0 Å². The zero-order valence-corrected chi connectivity index (χ0v) is 12.3. The highest BCUT2D eigenvalue weighted by Crippen LogP contribution is 2.04. The monoisotopic (exact) mass is 276 g/mol. The molecular formula is C12H24N2O3S. The zero-order chi connectivity index (χ0) is 14.1. The number of carboxylic acid groups (broad SMARTS) is 1. The average molecular weight is 276 g/mol. The second-order valence-corrected chi connectivity index (χ2v) is 5.81. The summed E-state index contributed by atoms with van der Waals surface area (Å²) < 4.78 is 0.